The SMILES string of the molecule is CN[C@@H](C)C(=O)N[C@H](C(=O)N1CCCC1c1nc(C(=O)c2cccc(OCCOc3ccccc3OCCOc3ccc(Cn4c(C)c(C#N)c(-c5ccc(C#N)cc5)c4C)cc3)c2)cs1)C1CCCCC1. The highest BCUT2D eigenvalue weighted by molar-refractivity contribution is 7.10. The molecule has 2 fully saturated rings. The van der Waals surface area contributed by atoms with Crippen molar-refractivity contribution in [3.63, 3.8) is 0 Å². The summed E-state index contributed by atoms with van der Waals surface area (Å²) in [5, 5.41) is 27.8. The molecule has 372 valence electrons. The van der Waals surface area contributed by atoms with E-state index in [1.54, 1.807) is 55.7 Å². The predicted octanol–water partition coefficient (Wildman–Crippen LogP) is 9.50. The fraction of sp³-hybridized carbons (Fsp3) is 0.368. The number of benzene rings is 4. The van der Waals surface area contributed by atoms with Crippen molar-refractivity contribution in [3.8, 4) is 46.3 Å². The fourth-order valence-corrected chi connectivity index (χ4v) is 10.6. The van der Waals surface area contributed by atoms with Crippen LogP contribution < -0.4 is 29.6 Å². The van der Waals surface area contributed by atoms with E-state index in [-0.39, 0.29) is 49.4 Å². The van der Waals surface area contributed by atoms with Crippen molar-refractivity contribution >= 4 is 28.9 Å². The van der Waals surface area contributed by atoms with Crippen LogP contribution in [0.2, 0.25) is 0 Å². The lowest BCUT2D eigenvalue weighted by Crippen LogP contribution is -2.55. The molecule has 1 aliphatic heterocycles. The van der Waals surface area contributed by atoms with Crippen molar-refractivity contribution in [2.75, 3.05) is 40.0 Å². The molecule has 4 aromatic carbocycles. The summed E-state index contributed by atoms with van der Waals surface area (Å²) in [4.78, 5) is 47.7. The number of hydrogen-bond donors (Lipinski definition) is 2. The van der Waals surface area contributed by atoms with Crippen LogP contribution in [0.4, 0.5) is 0 Å². The van der Waals surface area contributed by atoms with Crippen molar-refractivity contribution in [3.05, 3.63) is 147 Å². The van der Waals surface area contributed by atoms with E-state index >= 15 is 0 Å². The second-order valence-electron chi connectivity index (χ2n) is 18.3. The molecule has 2 N–H and O–H groups in total. The van der Waals surface area contributed by atoms with Crippen LogP contribution in [0.3, 0.4) is 0 Å². The minimum Gasteiger partial charge on any atom is -0.490 e. The van der Waals surface area contributed by atoms with Crippen LogP contribution in [0.15, 0.2) is 102 Å². The molecule has 2 aromatic heterocycles. The number of ether oxygens (including phenoxy) is 4. The number of nitrogens with zero attached hydrogens (tertiary/aromatic N) is 5. The van der Waals surface area contributed by atoms with Gasteiger partial charge in [-0.3, -0.25) is 14.4 Å². The molecule has 2 aliphatic rings. The van der Waals surface area contributed by atoms with Crippen LogP contribution in [0.25, 0.3) is 11.1 Å². The summed E-state index contributed by atoms with van der Waals surface area (Å²) in [6, 6.07) is 32.9. The molecule has 1 saturated carbocycles. The lowest BCUT2D eigenvalue weighted by molar-refractivity contribution is -0.139. The highest BCUT2D eigenvalue weighted by Gasteiger charge is 2.40. The van der Waals surface area contributed by atoms with Gasteiger partial charge in [-0.25, -0.2) is 4.98 Å². The zero-order valence-corrected chi connectivity index (χ0v) is 42.1. The monoisotopic (exact) mass is 987 g/mol. The predicted molar refractivity (Wildman–Crippen MR) is 275 cm³/mol. The molecule has 1 saturated heterocycles. The van der Waals surface area contributed by atoms with Gasteiger partial charge in [0.15, 0.2) is 11.5 Å². The number of nitrogens with one attached hydrogen (secondary N) is 2. The first-order valence-corrected chi connectivity index (χ1v) is 25.6. The molecule has 72 heavy (non-hydrogen) atoms. The Morgan fingerprint density at radius 1 is 0.778 bits per heavy atom. The first-order valence-electron chi connectivity index (χ1n) is 24.7. The van der Waals surface area contributed by atoms with Crippen molar-refractivity contribution in [1.29, 1.82) is 10.5 Å². The van der Waals surface area contributed by atoms with Crippen molar-refractivity contribution < 1.29 is 33.3 Å². The van der Waals surface area contributed by atoms with Crippen LogP contribution in [0.1, 0.15) is 107 Å². The minimum atomic E-state index is -0.591. The Labute approximate surface area is 425 Å². The highest BCUT2D eigenvalue weighted by atomic mass is 32.1. The third kappa shape index (κ3) is 12.0. The van der Waals surface area contributed by atoms with Gasteiger partial charge in [-0.1, -0.05) is 67.8 Å². The van der Waals surface area contributed by atoms with Gasteiger partial charge in [0, 0.05) is 41.0 Å². The average molecular weight is 988 g/mol. The Morgan fingerprint density at radius 2 is 1.46 bits per heavy atom. The number of rotatable bonds is 21. The minimum absolute atomic E-state index is 0.0656. The topological polar surface area (TPSA) is 181 Å². The number of likely N-dealkylation sites (N-methyl/N-ethyl adjacent to an activating group) is 1. The summed E-state index contributed by atoms with van der Waals surface area (Å²) in [5.41, 5.74) is 6.67. The van der Waals surface area contributed by atoms with E-state index in [1.165, 1.54) is 11.3 Å². The number of ketones is 1. The van der Waals surface area contributed by atoms with E-state index in [1.807, 2.05) is 79.4 Å². The Bertz CT molecular complexity index is 2930. The largest absolute Gasteiger partial charge is 0.490 e. The van der Waals surface area contributed by atoms with Gasteiger partial charge in [0.25, 0.3) is 0 Å². The Morgan fingerprint density at radius 3 is 2.12 bits per heavy atom. The maximum absolute atomic E-state index is 14.2. The van der Waals surface area contributed by atoms with E-state index < -0.39 is 12.1 Å². The zero-order chi connectivity index (χ0) is 50.6. The summed E-state index contributed by atoms with van der Waals surface area (Å²) in [7, 11) is 1.74. The third-order valence-electron chi connectivity index (χ3n) is 13.7. The third-order valence-corrected chi connectivity index (χ3v) is 14.7. The van der Waals surface area contributed by atoms with Crippen molar-refractivity contribution in [1.82, 2.24) is 25.1 Å². The molecule has 8 rings (SSSR count). The van der Waals surface area contributed by atoms with E-state index in [0.29, 0.717) is 65.1 Å². The van der Waals surface area contributed by atoms with Gasteiger partial charge >= 0.3 is 0 Å². The number of carbonyl (C=O) groups excluding carboxylic acids is 3. The van der Waals surface area contributed by atoms with E-state index in [0.717, 1.165) is 78.0 Å². The molecule has 14 nitrogen and oxygen atoms in total. The Kier molecular flexibility index (Phi) is 17.0. The van der Waals surface area contributed by atoms with E-state index in [2.05, 4.69) is 27.3 Å². The molecule has 15 heteroatoms. The van der Waals surface area contributed by atoms with Crippen LogP contribution in [-0.4, -0.2) is 84.2 Å². The molecule has 2 amide bonds. The molecule has 1 unspecified atom stereocenters. The van der Waals surface area contributed by atoms with Crippen LogP contribution >= 0.6 is 11.3 Å². The van der Waals surface area contributed by atoms with Gasteiger partial charge in [0.1, 0.15) is 60.7 Å². The second-order valence-corrected chi connectivity index (χ2v) is 19.2. The number of amides is 2. The number of aromatic nitrogens is 2. The van der Waals surface area contributed by atoms with Crippen LogP contribution in [-0.2, 0) is 16.1 Å². The first-order chi connectivity index (χ1) is 35.1. The summed E-state index contributed by atoms with van der Waals surface area (Å²) < 4.78 is 26.3. The number of para-hydroxylation sites is 2. The van der Waals surface area contributed by atoms with E-state index in [9.17, 15) is 24.9 Å². The molecule has 0 radical (unpaired) electrons. The fourth-order valence-electron chi connectivity index (χ4n) is 9.65. The van der Waals surface area contributed by atoms with Crippen LogP contribution in [0, 0.1) is 42.4 Å². The summed E-state index contributed by atoms with van der Waals surface area (Å²) in [6.07, 6.45) is 6.62. The van der Waals surface area contributed by atoms with Gasteiger partial charge in [-0.15, -0.1) is 11.3 Å². The molecular formula is C57H61N7O7S. The van der Waals surface area contributed by atoms with Crippen molar-refractivity contribution in [2.45, 2.75) is 90.4 Å². The van der Waals surface area contributed by atoms with Gasteiger partial charge in [-0.2, -0.15) is 10.5 Å². The molecular weight excluding hydrogens is 927 g/mol. The molecule has 0 spiro atoms. The number of carbonyl (C=O) groups is 3. The Balaban J connectivity index is 0.797. The average Bonchev–Trinajstić information content (AvgIpc) is 4.17. The van der Waals surface area contributed by atoms with Gasteiger partial charge in [0.2, 0.25) is 17.6 Å². The summed E-state index contributed by atoms with van der Waals surface area (Å²) in [6.45, 7) is 7.97. The van der Waals surface area contributed by atoms with Crippen molar-refractivity contribution in [2.24, 2.45) is 5.92 Å². The maximum atomic E-state index is 14.2. The summed E-state index contributed by atoms with van der Waals surface area (Å²) in [5.74, 6) is 1.96. The Hall–Kier alpha value is -7.46. The summed E-state index contributed by atoms with van der Waals surface area (Å²) >= 11 is 1.39. The second kappa shape index (κ2) is 24.1. The lowest BCUT2D eigenvalue weighted by atomic mass is 9.83. The number of nitriles is 2. The molecule has 3 atom stereocenters. The van der Waals surface area contributed by atoms with Crippen LogP contribution in [0.5, 0.6) is 23.0 Å². The number of thiazole rings is 1. The molecule has 0 bridgehead atoms. The molecule has 3 heterocycles. The first kappa shape index (κ1) is 50.9. The number of hydrogen-bond acceptors (Lipinski definition) is 12. The molecule has 1 aliphatic carbocycles. The quantitative estimate of drug-likeness (QED) is 0.0518. The zero-order valence-electron chi connectivity index (χ0n) is 41.3. The standard InChI is InChI=1S/C57H61N7O7S/c1-37(60-4)55(66)62-53(43-12-6-5-7-13-43)57(67)63-27-11-16-49(63)56-61-48(36-72-56)54(65)44-14-10-15-46(32-44)69-29-31-71-51-18-9-8-17-50(51)70-30-28-68-45-25-21-41(22-26-45)35-64-38(2)47(34-59)52(39(64)3)42-23-19-40(33-58)20-24-42/h8-10,14-15,17-26,32,36-37,43,49,53,60H,5-7,11-13,16,27-31,35H2,1-4H3,(H,62,66)/t37-,49?,53-/m0/s1. The smallest absolute Gasteiger partial charge is 0.246 e. The maximum Gasteiger partial charge on any atom is 0.246 e. The van der Waals surface area contributed by atoms with E-state index in [4.69, 9.17) is 23.9 Å². The molecule has 6 aromatic rings. The van der Waals surface area contributed by atoms with Gasteiger partial charge in [-0.05, 0) is 119 Å². The highest BCUT2D eigenvalue weighted by Crippen LogP contribution is 2.37. The van der Waals surface area contributed by atoms with Gasteiger partial charge in [0.05, 0.1) is 29.3 Å². The van der Waals surface area contributed by atoms with Gasteiger partial charge < -0.3 is 39.0 Å². The lowest BCUT2D eigenvalue weighted by Gasteiger charge is -2.35. The number of likely N-dealkylation sites (tertiary alicyclic amines) is 1. The normalized spacial score (nSPS) is 15.5.